The van der Waals surface area contributed by atoms with Gasteiger partial charge >= 0.3 is 0 Å². The molecule has 92 valence electrons. The zero-order chi connectivity index (χ0) is 13.1. The molecule has 1 heterocycles. The lowest BCUT2D eigenvalue weighted by Gasteiger charge is -2.06. The summed E-state index contributed by atoms with van der Waals surface area (Å²) in [6.07, 6.45) is 1.62. The molecule has 0 aliphatic rings. The summed E-state index contributed by atoms with van der Waals surface area (Å²) in [6.45, 7) is 1.89. The second kappa shape index (κ2) is 5.50. The standard InChI is InChI=1S/C13H10BrClN2O/c1-8-2-4-10(7-16-8)17-13(18)9-3-5-11(14)12(15)6-9/h2-7H,1H3,(H,17,18). The Kier molecular flexibility index (Phi) is 3.99. The van der Waals surface area contributed by atoms with Crippen molar-refractivity contribution in [2.45, 2.75) is 6.92 Å². The van der Waals surface area contributed by atoms with Crippen LogP contribution in [-0.4, -0.2) is 10.9 Å². The number of nitrogens with one attached hydrogen (secondary N) is 1. The van der Waals surface area contributed by atoms with E-state index in [-0.39, 0.29) is 5.91 Å². The average Bonchev–Trinajstić information content (AvgIpc) is 2.35. The summed E-state index contributed by atoms with van der Waals surface area (Å²) < 4.78 is 0.762. The summed E-state index contributed by atoms with van der Waals surface area (Å²) in [4.78, 5) is 16.1. The number of pyridine rings is 1. The van der Waals surface area contributed by atoms with Crippen LogP contribution in [0.25, 0.3) is 0 Å². The van der Waals surface area contributed by atoms with Crippen molar-refractivity contribution >= 4 is 39.1 Å². The minimum atomic E-state index is -0.213. The van der Waals surface area contributed by atoms with E-state index in [2.05, 4.69) is 26.2 Å². The molecule has 1 aromatic carbocycles. The SMILES string of the molecule is Cc1ccc(NC(=O)c2ccc(Br)c(Cl)c2)cn1. The lowest BCUT2D eigenvalue weighted by molar-refractivity contribution is 0.102. The van der Waals surface area contributed by atoms with E-state index in [1.54, 1.807) is 30.5 Å². The zero-order valence-electron chi connectivity index (χ0n) is 9.58. The first-order valence-corrected chi connectivity index (χ1v) is 6.42. The van der Waals surface area contributed by atoms with Crippen molar-refractivity contribution < 1.29 is 4.79 Å². The van der Waals surface area contributed by atoms with Crippen LogP contribution in [0.3, 0.4) is 0 Å². The van der Waals surface area contributed by atoms with Gasteiger partial charge < -0.3 is 5.32 Å². The summed E-state index contributed by atoms with van der Waals surface area (Å²) in [7, 11) is 0. The third kappa shape index (κ3) is 3.09. The van der Waals surface area contributed by atoms with E-state index in [1.165, 1.54) is 0 Å². The quantitative estimate of drug-likeness (QED) is 0.905. The second-order valence-corrected chi connectivity index (χ2v) is 5.03. The van der Waals surface area contributed by atoms with E-state index >= 15 is 0 Å². The largest absolute Gasteiger partial charge is 0.321 e. The Bertz CT molecular complexity index is 584. The lowest BCUT2D eigenvalue weighted by atomic mass is 10.2. The number of anilines is 1. The van der Waals surface area contributed by atoms with Crippen LogP contribution in [0.5, 0.6) is 0 Å². The smallest absolute Gasteiger partial charge is 0.255 e. The predicted octanol–water partition coefficient (Wildman–Crippen LogP) is 4.06. The highest BCUT2D eigenvalue weighted by Gasteiger charge is 2.08. The highest BCUT2D eigenvalue weighted by atomic mass is 79.9. The number of rotatable bonds is 2. The van der Waals surface area contributed by atoms with Crippen LogP contribution in [0.4, 0.5) is 5.69 Å². The number of nitrogens with zero attached hydrogens (tertiary/aromatic N) is 1. The molecule has 0 saturated carbocycles. The molecule has 0 unspecified atom stereocenters. The Balaban J connectivity index is 2.16. The molecule has 0 atom stereocenters. The fraction of sp³-hybridized carbons (Fsp3) is 0.0769. The van der Waals surface area contributed by atoms with Crippen molar-refractivity contribution in [3.8, 4) is 0 Å². The molecule has 2 aromatic rings. The number of halogens is 2. The number of amides is 1. The molecule has 1 N–H and O–H groups in total. The summed E-state index contributed by atoms with van der Waals surface area (Å²) in [6, 6.07) is 8.70. The summed E-state index contributed by atoms with van der Waals surface area (Å²) >= 11 is 9.22. The fourth-order valence-electron chi connectivity index (χ4n) is 1.38. The summed E-state index contributed by atoms with van der Waals surface area (Å²) in [5.74, 6) is -0.213. The third-order valence-corrected chi connectivity index (χ3v) is 3.58. The molecule has 1 aromatic heterocycles. The van der Waals surface area contributed by atoms with Gasteiger partial charge in [0.15, 0.2) is 0 Å². The molecule has 0 radical (unpaired) electrons. The Morgan fingerprint density at radius 2 is 2.11 bits per heavy atom. The molecular weight excluding hydrogens is 316 g/mol. The van der Waals surface area contributed by atoms with Crippen LogP contribution < -0.4 is 5.32 Å². The van der Waals surface area contributed by atoms with Gasteiger partial charge in [0.05, 0.1) is 16.9 Å². The van der Waals surface area contributed by atoms with Crippen LogP contribution in [-0.2, 0) is 0 Å². The van der Waals surface area contributed by atoms with Gasteiger partial charge in [-0.3, -0.25) is 9.78 Å². The van der Waals surface area contributed by atoms with E-state index in [9.17, 15) is 4.79 Å². The van der Waals surface area contributed by atoms with Gasteiger partial charge in [0, 0.05) is 15.7 Å². The van der Waals surface area contributed by atoms with E-state index in [1.807, 2.05) is 13.0 Å². The van der Waals surface area contributed by atoms with E-state index in [4.69, 9.17) is 11.6 Å². The van der Waals surface area contributed by atoms with Crippen LogP contribution >= 0.6 is 27.5 Å². The monoisotopic (exact) mass is 324 g/mol. The Morgan fingerprint density at radius 3 is 2.72 bits per heavy atom. The number of aryl methyl sites for hydroxylation is 1. The molecule has 2 rings (SSSR count). The Morgan fingerprint density at radius 1 is 1.33 bits per heavy atom. The van der Waals surface area contributed by atoms with Gasteiger partial charge in [-0.1, -0.05) is 11.6 Å². The van der Waals surface area contributed by atoms with E-state index in [0.717, 1.165) is 10.2 Å². The average molecular weight is 326 g/mol. The molecular formula is C13H10BrClN2O. The second-order valence-electron chi connectivity index (χ2n) is 3.77. The first kappa shape index (κ1) is 13.1. The number of benzene rings is 1. The van der Waals surface area contributed by atoms with Crippen molar-refractivity contribution in [2.75, 3.05) is 5.32 Å². The molecule has 0 bridgehead atoms. The van der Waals surface area contributed by atoms with Gasteiger partial charge in [-0.25, -0.2) is 0 Å². The van der Waals surface area contributed by atoms with Crippen LogP contribution in [0.15, 0.2) is 41.0 Å². The van der Waals surface area contributed by atoms with Crippen molar-refractivity contribution in [1.29, 1.82) is 0 Å². The fourth-order valence-corrected chi connectivity index (χ4v) is 1.81. The molecule has 0 aliphatic carbocycles. The predicted molar refractivity (Wildman–Crippen MR) is 76.1 cm³/mol. The molecule has 0 spiro atoms. The van der Waals surface area contributed by atoms with Gasteiger partial charge in [-0.05, 0) is 53.2 Å². The van der Waals surface area contributed by atoms with Gasteiger partial charge in [0.25, 0.3) is 5.91 Å². The van der Waals surface area contributed by atoms with E-state index in [0.29, 0.717) is 16.3 Å². The van der Waals surface area contributed by atoms with Gasteiger partial charge in [-0.2, -0.15) is 0 Å². The van der Waals surface area contributed by atoms with Gasteiger partial charge in [0.1, 0.15) is 0 Å². The van der Waals surface area contributed by atoms with Crippen molar-refractivity contribution in [1.82, 2.24) is 4.98 Å². The topological polar surface area (TPSA) is 42.0 Å². The minimum absolute atomic E-state index is 0.213. The molecule has 18 heavy (non-hydrogen) atoms. The number of hydrogen-bond donors (Lipinski definition) is 1. The van der Waals surface area contributed by atoms with Crippen molar-refractivity contribution in [3.63, 3.8) is 0 Å². The number of aromatic nitrogens is 1. The number of hydrogen-bond acceptors (Lipinski definition) is 2. The van der Waals surface area contributed by atoms with Crippen molar-refractivity contribution in [2.24, 2.45) is 0 Å². The molecule has 5 heteroatoms. The maximum Gasteiger partial charge on any atom is 0.255 e. The van der Waals surface area contributed by atoms with Gasteiger partial charge in [0.2, 0.25) is 0 Å². The van der Waals surface area contributed by atoms with Crippen LogP contribution in [0.2, 0.25) is 5.02 Å². The van der Waals surface area contributed by atoms with Crippen LogP contribution in [0, 0.1) is 6.92 Å². The highest BCUT2D eigenvalue weighted by Crippen LogP contribution is 2.23. The summed E-state index contributed by atoms with van der Waals surface area (Å²) in [5, 5.41) is 3.26. The Labute approximate surface area is 118 Å². The highest BCUT2D eigenvalue weighted by molar-refractivity contribution is 9.10. The molecule has 1 amide bonds. The van der Waals surface area contributed by atoms with E-state index < -0.39 is 0 Å². The summed E-state index contributed by atoms with van der Waals surface area (Å²) in [5.41, 5.74) is 2.06. The first-order chi connectivity index (χ1) is 8.56. The molecule has 3 nitrogen and oxygen atoms in total. The molecule has 0 fully saturated rings. The normalized spacial score (nSPS) is 10.2. The maximum absolute atomic E-state index is 11.9. The third-order valence-electron chi connectivity index (χ3n) is 2.35. The molecule has 0 saturated heterocycles. The zero-order valence-corrected chi connectivity index (χ0v) is 11.9. The minimum Gasteiger partial charge on any atom is -0.321 e. The number of carbonyl (C=O) groups is 1. The first-order valence-electron chi connectivity index (χ1n) is 5.25. The number of carbonyl (C=O) groups excluding carboxylic acids is 1. The molecule has 0 aliphatic heterocycles. The van der Waals surface area contributed by atoms with Crippen molar-refractivity contribution in [3.05, 3.63) is 57.3 Å². The Hall–Kier alpha value is -1.39. The lowest BCUT2D eigenvalue weighted by Crippen LogP contribution is -2.12. The van der Waals surface area contributed by atoms with Crippen LogP contribution in [0.1, 0.15) is 16.1 Å². The van der Waals surface area contributed by atoms with Gasteiger partial charge in [-0.15, -0.1) is 0 Å². The maximum atomic E-state index is 11.9.